The Morgan fingerprint density at radius 3 is 2.37 bits per heavy atom. The molecule has 0 radical (unpaired) electrons. The average Bonchev–Trinajstić information content (AvgIpc) is 3.21. The van der Waals surface area contributed by atoms with Gasteiger partial charge in [-0.15, -0.1) is 0 Å². The maximum absolute atomic E-state index is 12.3. The highest BCUT2D eigenvalue weighted by Crippen LogP contribution is 2.15. The van der Waals surface area contributed by atoms with E-state index in [1.54, 1.807) is 23.1 Å². The van der Waals surface area contributed by atoms with Gasteiger partial charge in [-0.25, -0.2) is 0 Å². The van der Waals surface area contributed by atoms with E-state index in [1.165, 1.54) is 12.5 Å². The number of Topliss-reactive ketones (excluding diaryl/α,β-unsaturated/α-hetero) is 1. The molecule has 0 bridgehead atoms. The minimum atomic E-state index is -0.116. The second kappa shape index (κ2) is 8.66. The molecule has 1 aromatic carbocycles. The molecule has 1 saturated heterocycles. The monoisotopic (exact) mass is 368 g/mol. The fourth-order valence-electron chi connectivity index (χ4n) is 3.21. The molecule has 1 aromatic heterocycles. The number of benzene rings is 1. The molecule has 0 atom stereocenters. The van der Waals surface area contributed by atoms with Crippen LogP contribution in [0.15, 0.2) is 47.3 Å². The third-order valence-electron chi connectivity index (χ3n) is 4.87. The first kappa shape index (κ1) is 18.9. The van der Waals surface area contributed by atoms with Gasteiger partial charge in [0.15, 0.2) is 5.78 Å². The van der Waals surface area contributed by atoms with Gasteiger partial charge in [-0.2, -0.15) is 0 Å². The van der Waals surface area contributed by atoms with E-state index in [0.29, 0.717) is 37.1 Å². The topological polar surface area (TPSA) is 79.6 Å². The summed E-state index contributed by atoms with van der Waals surface area (Å²) in [5, 5.41) is 2.98. The van der Waals surface area contributed by atoms with Gasteiger partial charge in [0.1, 0.15) is 6.26 Å². The van der Waals surface area contributed by atoms with Crippen LogP contribution in [-0.2, 0) is 4.79 Å². The summed E-state index contributed by atoms with van der Waals surface area (Å²) >= 11 is 0. The van der Waals surface area contributed by atoms with Gasteiger partial charge < -0.3 is 14.6 Å². The number of carbonyl (C=O) groups is 3. The average molecular weight is 368 g/mol. The van der Waals surface area contributed by atoms with Crippen LogP contribution in [0.1, 0.15) is 52.0 Å². The van der Waals surface area contributed by atoms with Crippen molar-refractivity contribution in [2.24, 2.45) is 0 Å². The fourth-order valence-corrected chi connectivity index (χ4v) is 3.21. The number of amides is 2. The Hall–Kier alpha value is -2.89. The van der Waals surface area contributed by atoms with Crippen molar-refractivity contribution >= 4 is 17.6 Å². The molecule has 0 unspecified atom stereocenters. The highest BCUT2D eigenvalue weighted by atomic mass is 16.3. The number of ketones is 1. The molecular weight excluding hydrogens is 344 g/mol. The Morgan fingerprint density at radius 1 is 1.04 bits per heavy atom. The summed E-state index contributed by atoms with van der Waals surface area (Å²) in [5.74, 6) is -0.182. The minimum Gasteiger partial charge on any atom is -0.472 e. The van der Waals surface area contributed by atoms with Crippen LogP contribution in [0, 0.1) is 6.92 Å². The van der Waals surface area contributed by atoms with Crippen LogP contribution in [0.2, 0.25) is 0 Å². The number of hydrogen-bond acceptors (Lipinski definition) is 4. The number of hydrogen-bond donors (Lipinski definition) is 1. The van der Waals surface area contributed by atoms with Gasteiger partial charge in [-0.05, 0) is 25.8 Å². The number of nitrogens with zero attached hydrogens (tertiary/aromatic N) is 1. The summed E-state index contributed by atoms with van der Waals surface area (Å²) in [5.41, 5.74) is 2.29. The summed E-state index contributed by atoms with van der Waals surface area (Å²) in [6.45, 7) is 3.16. The summed E-state index contributed by atoms with van der Waals surface area (Å²) in [4.78, 5) is 38.3. The number of likely N-dealkylation sites (tertiary alicyclic amines) is 1. The van der Waals surface area contributed by atoms with Crippen LogP contribution in [0.5, 0.6) is 0 Å². The molecule has 1 fully saturated rings. The maximum atomic E-state index is 12.3. The van der Waals surface area contributed by atoms with Crippen LogP contribution in [-0.4, -0.2) is 41.6 Å². The van der Waals surface area contributed by atoms with Gasteiger partial charge in [0.2, 0.25) is 5.91 Å². The molecule has 0 spiro atoms. The predicted molar refractivity (Wildman–Crippen MR) is 101 cm³/mol. The highest BCUT2D eigenvalue weighted by molar-refractivity contribution is 5.98. The van der Waals surface area contributed by atoms with E-state index in [-0.39, 0.29) is 36.5 Å². The van der Waals surface area contributed by atoms with E-state index >= 15 is 0 Å². The lowest BCUT2D eigenvalue weighted by molar-refractivity contribution is -0.122. The first-order valence-corrected chi connectivity index (χ1v) is 9.23. The van der Waals surface area contributed by atoms with Gasteiger partial charge in [0.05, 0.1) is 11.8 Å². The third-order valence-corrected chi connectivity index (χ3v) is 4.87. The standard InChI is InChI=1S/C21H24N2O4/c1-15-2-4-16(5-3-15)19(24)6-7-20(25)22-18-8-11-23(12-9-18)21(26)17-10-13-27-14-17/h2-5,10,13-14,18H,6-9,11-12H2,1H3,(H,22,25). The smallest absolute Gasteiger partial charge is 0.257 e. The molecule has 2 aromatic rings. The quantitative estimate of drug-likeness (QED) is 0.795. The summed E-state index contributed by atoms with van der Waals surface area (Å²) in [6.07, 6.45) is 4.73. The first-order valence-electron chi connectivity index (χ1n) is 9.23. The van der Waals surface area contributed by atoms with E-state index in [4.69, 9.17) is 4.42 Å². The second-order valence-electron chi connectivity index (χ2n) is 6.94. The zero-order chi connectivity index (χ0) is 19.2. The van der Waals surface area contributed by atoms with Gasteiger partial charge in [0.25, 0.3) is 5.91 Å². The predicted octanol–water partition coefficient (Wildman–Crippen LogP) is 2.97. The lowest BCUT2D eigenvalue weighted by atomic mass is 10.0. The Balaban J connectivity index is 1.40. The van der Waals surface area contributed by atoms with Crippen LogP contribution in [0.4, 0.5) is 0 Å². The van der Waals surface area contributed by atoms with Crippen LogP contribution >= 0.6 is 0 Å². The zero-order valence-corrected chi connectivity index (χ0v) is 15.4. The van der Waals surface area contributed by atoms with Crippen molar-refractivity contribution in [1.29, 1.82) is 0 Å². The van der Waals surface area contributed by atoms with Gasteiger partial charge in [0, 0.05) is 37.5 Å². The van der Waals surface area contributed by atoms with Gasteiger partial charge >= 0.3 is 0 Å². The number of piperidine rings is 1. The molecule has 6 nitrogen and oxygen atoms in total. The minimum absolute atomic E-state index is 0.0225. The molecule has 6 heteroatoms. The van der Waals surface area contributed by atoms with E-state index in [2.05, 4.69) is 5.32 Å². The molecule has 1 aliphatic heterocycles. The van der Waals surface area contributed by atoms with Crippen molar-refractivity contribution in [3.63, 3.8) is 0 Å². The lowest BCUT2D eigenvalue weighted by Crippen LogP contribution is -2.46. The number of carbonyl (C=O) groups excluding carboxylic acids is 3. The molecule has 0 aliphatic carbocycles. The number of furan rings is 1. The molecular formula is C21H24N2O4. The Kier molecular flexibility index (Phi) is 6.06. The summed E-state index contributed by atoms with van der Waals surface area (Å²) in [7, 11) is 0. The number of rotatable bonds is 6. The molecule has 1 aliphatic rings. The molecule has 2 heterocycles. The normalized spacial score (nSPS) is 14.8. The second-order valence-corrected chi connectivity index (χ2v) is 6.94. The molecule has 142 valence electrons. The Morgan fingerprint density at radius 2 is 1.74 bits per heavy atom. The summed E-state index contributed by atoms with van der Waals surface area (Å²) in [6, 6.07) is 9.07. The van der Waals surface area contributed by atoms with Crippen LogP contribution in [0.25, 0.3) is 0 Å². The van der Waals surface area contributed by atoms with Crippen molar-refractivity contribution in [1.82, 2.24) is 10.2 Å². The molecule has 27 heavy (non-hydrogen) atoms. The number of nitrogens with one attached hydrogen (secondary N) is 1. The Bertz CT molecular complexity index is 788. The van der Waals surface area contributed by atoms with Crippen molar-refractivity contribution in [3.8, 4) is 0 Å². The molecule has 3 rings (SSSR count). The van der Waals surface area contributed by atoms with Crippen LogP contribution < -0.4 is 5.32 Å². The third kappa shape index (κ3) is 5.06. The largest absolute Gasteiger partial charge is 0.472 e. The molecule has 1 N–H and O–H groups in total. The van der Waals surface area contributed by atoms with Gasteiger partial charge in [-0.3, -0.25) is 14.4 Å². The Labute approximate surface area is 158 Å². The summed E-state index contributed by atoms with van der Waals surface area (Å²) < 4.78 is 4.95. The molecule has 0 saturated carbocycles. The SMILES string of the molecule is Cc1ccc(C(=O)CCC(=O)NC2CCN(C(=O)c3ccoc3)CC2)cc1. The van der Waals surface area contributed by atoms with Crippen molar-refractivity contribution in [3.05, 3.63) is 59.5 Å². The van der Waals surface area contributed by atoms with Crippen molar-refractivity contribution < 1.29 is 18.8 Å². The zero-order valence-electron chi connectivity index (χ0n) is 15.4. The van der Waals surface area contributed by atoms with E-state index in [1.807, 2.05) is 19.1 Å². The van der Waals surface area contributed by atoms with E-state index in [0.717, 1.165) is 5.56 Å². The maximum Gasteiger partial charge on any atom is 0.257 e. The lowest BCUT2D eigenvalue weighted by Gasteiger charge is -2.32. The fraction of sp³-hybridized carbons (Fsp3) is 0.381. The first-order chi connectivity index (χ1) is 13.0. The van der Waals surface area contributed by atoms with Crippen LogP contribution in [0.3, 0.4) is 0 Å². The van der Waals surface area contributed by atoms with Gasteiger partial charge in [-0.1, -0.05) is 29.8 Å². The van der Waals surface area contributed by atoms with Crippen molar-refractivity contribution in [2.45, 2.75) is 38.6 Å². The highest BCUT2D eigenvalue weighted by Gasteiger charge is 2.25. The molecule has 2 amide bonds. The van der Waals surface area contributed by atoms with Crippen molar-refractivity contribution in [2.75, 3.05) is 13.1 Å². The number of aryl methyl sites for hydroxylation is 1. The van der Waals surface area contributed by atoms with E-state index in [9.17, 15) is 14.4 Å². The van der Waals surface area contributed by atoms with E-state index < -0.39 is 0 Å².